The van der Waals surface area contributed by atoms with Crippen molar-refractivity contribution in [2.45, 2.75) is 31.8 Å². The third-order valence-electron chi connectivity index (χ3n) is 4.11. The SMILES string of the molecule is COc1cccc(NC(=O)CNC2CCN(C)C(C)C2)c1. The van der Waals surface area contributed by atoms with Crippen molar-refractivity contribution < 1.29 is 9.53 Å². The third-order valence-corrected chi connectivity index (χ3v) is 4.11. The molecule has 0 bridgehead atoms. The van der Waals surface area contributed by atoms with Crippen LogP contribution in [0.1, 0.15) is 19.8 Å². The Labute approximate surface area is 126 Å². The molecule has 1 saturated heterocycles. The van der Waals surface area contributed by atoms with Gasteiger partial charge in [0.15, 0.2) is 0 Å². The molecule has 2 atom stereocenters. The zero-order valence-corrected chi connectivity index (χ0v) is 13.1. The fourth-order valence-electron chi connectivity index (χ4n) is 2.62. The number of nitrogens with zero attached hydrogens (tertiary/aromatic N) is 1. The van der Waals surface area contributed by atoms with Crippen LogP contribution in [0.5, 0.6) is 5.75 Å². The number of anilines is 1. The second kappa shape index (κ2) is 7.43. The molecule has 1 aromatic rings. The molecular weight excluding hydrogens is 266 g/mol. The highest BCUT2D eigenvalue weighted by molar-refractivity contribution is 5.92. The van der Waals surface area contributed by atoms with Crippen LogP contribution in [-0.2, 0) is 4.79 Å². The van der Waals surface area contributed by atoms with Crippen LogP contribution >= 0.6 is 0 Å². The fourth-order valence-corrected chi connectivity index (χ4v) is 2.62. The maximum absolute atomic E-state index is 12.0. The zero-order valence-electron chi connectivity index (χ0n) is 13.1. The number of carbonyl (C=O) groups excluding carboxylic acids is 1. The average Bonchev–Trinajstić information content (AvgIpc) is 2.48. The van der Waals surface area contributed by atoms with E-state index >= 15 is 0 Å². The van der Waals surface area contributed by atoms with E-state index in [9.17, 15) is 4.79 Å². The van der Waals surface area contributed by atoms with Crippen molar-refractivity contribution in [3.05, 3.63) is 24.3 Å². The molecule has 1 fully saturated rings. The molecule has 21 heavy (non-hydrogen) atoms. The number of hydrogen-bond acceptors (Lipinski definition) is 4. The summed E-state index contributed by atoms with van der Waals surface area (Å²) in [5.74, 6) is 0.722. The minimum atomic E-state index is -0.0187. The van der Waals surface area contributed by atoms with Crippen LogP contribution in [-0.4, -0.2) is 50.1 Å². The third kappa shape index (κ3) is 4.72. The van der Waals surface area contributed by atoms with Crippen molar-refractivity contribution in [2.24, 2.45) is 0 Å². The van der Waals surface area contributed by atoms with E-state index in [2.05, 4.69) is 29.5 Å². The number of likely N-dealkylation sites (tertiary alicyclic amines) is 1. The lowest BCUT2D eigenvalue weighted by Gasteiger charge is -2.35. The van der Waals surface area contributed by atoms with Crippen LogP contribution in [0.25, 0.3) is 0 Å². The first kappa shape index (κ1) is 15.8. The van der Waals surface area contributed by atoms with Crippen molar-refractivity contribution in [1.82, 2.24) is 10.2 Å². The maximum atomic E-state index is 12.0. The topological polar surface area (TPSA) is 53.6 Å². The Morgan fingerprint density at radius 1 is 1.48 bits per heavy atom. The van der Waals surface area contributed by atoms with Crippen molar-refractivity contribution in [1.29, 1.82) is 0 Å². The lowest BCUT2D eigenvalue weighted by Crippen LogP contribution is -2.47. The quantitative estimate of drug-likeness (QED) is 0.867. The van der Waals surface area contributed by atoms with Crippen LogP contribution in [0.2, 0.25) is 0 Å². The molecule has 2 rings (SSSR count). The second-order valence-corrected chi connectivity index (χ2v) is 5.71. The van der Waals surface area contributed by atoms with Gasteiger partial charge in [-0.1, -0.05) is 6.07 Å². The van der Waals surface area contributed by atoms with Crippen molar-refractivity contribution in [3.63, 3.8) is 0 Å². The predicted octanol–water partition coefficient (Wildman–Crippen LogP) is 1.71. The molecule has 2 N–H and O–H groups in total. The summed E-state index contributed by atoms with van der Waals surface area (Å²) < 4.78 is 5.14. The molecule has 0 aromatic heterocycles. The molecule has 0 spiro atoms. The molecular formula is C16H25N3O2. The second-order valence-electron chi connectivity index (χ2n) is 5.71. The van der Waals surface area contributed by atoms with E-state index in [0.717, 1.165) is 30.8 Å². The normalized spacial score (nSPS) is 22.8. The van der Waals surface area contributed by atoms with Crippen molar-refractivity contribution in [3.8, 4) is 5.75 Å². The van der Waals surface area contributed by atoms with Gasteiger partial charge in [0.05, 0.1) is 13.7 Å². The van der Waals surface area contributed by atoms with Gasteiger partial charge in [0.25, 0.3) is 0 Å². The zero-order chi connectivity index (χ0) is 15.2. The van der Waals surface area contributed by atoms with Gasteiger partial charge in [0.2, 0.25) is 5.91 Å². The molecule has 5 nitrogen and oxygen atoms in total. The molecule has 0 saturated carbocycles. The van der Waals surface area contributed by atoms with Crippen LogP contribution in [0.15, 0.2) is 24.3 Å². The van der Waals surface area contributed by atoms with Crippen LogP contribution in [0, 0.1) is 0 Å². The Kier molecular flexibility index (Phi) is 5.59. The lowest BCUT2D eigenvalue weighted by molar-refractivity contribution is -0.115. The van der Waals surface area contributed by atoms with Crippen LogP contribution < -0.4 is 15.4 Å². The highest BCUT2D eigenvalue weighted by Gasteiger charge is 2.22. The van der Waals surface area contributed by atoms with E-state index in [-0.39, 0.29) is 5.91 Å². The lowest BCUT2D eigenvalue weighted by atomic mass is 9.99. The number of nitrogens with one attached hydrogen (secondary N) is 2. The van der Waals surface area contributed by atoms with Gasteiger partial charge in [0.1, 0.15) is 5.75 Å². The van der Waals surface area contributed by atoms with Gasteiger partial charge in [-0.2, -0.15) is 0 Å². The smallest absolute Gasteiger partial charge is 0.238 e. The summed E-state index contributed by atoms with van der Waals surface area (Å²) >= 11 is 0. The van der Waals surface area contributed by atoms with Gasteiger partial charge in [-0.15, -0.1) is 0 Å². The van der Waals surface area contributed by atoms with Gasteiger partial charge >= 0.3 is 0 Å². The first-order valence-corrected chi connectivity index (χ1v) is 7.46. The Hall–Kier alpha value is -1.59. The number of rotatable bonds is 5. The first-order chi connectivity index (χ1) is 10.1. The number of piperidine rings is 1. The number of ether oxygens (including phenoxy) is 1. The molecule has 1 aromatic carbocycles. The Morgan fingerprint density at radius 3 is 3.00 bits per heavy atom. The molecule has 1 heterocycles. The number of amides is 1. The molecule has 0 aliphatic carbocycles. The molecule has 1 aliphatic rings. The number of hydrogen-bond donors (Lipinski definition) is 2. The molecule has 1 amide bonds. The summed E-state index contributed by atoms with van der Waals surface area (Å²) in [6.45, 7) is 3.65. The molecule has 1 aliphatic heterocycles. The summed E-state index contributed by atoms with van der Waals surface area (Å²) in [7, 11) is 3.76. The number of methoxy groups -OCH3 is 1. The Bertz CT molecular complexity index is 478. The molecule has 116 valence electrons. The predicted molar refractivity (Wildman–Crippen MR) is 84.7 cm³/mol. The maximum Gasteiger partial charge on any atom is 0.238 e. The summed E-state index contributed by atoms with van der Waals surface area (Å²) in [6.07, 6.45) is 2.18. The van der Waals surface area contributed by atoms with E-state index in [0.29, 0.717) is 18.6 Å². The number of benzene rings is 1. The van der Waals surface area contributed by atoms with Gasteiger partial charge in [0, 0.05) is 23.8 Å². The van der Waals surface area contributed by atoms with E-state index in [1.165, 1.54) is 0 Å². The van der Waals surface area contributed by atoms with Crippen LogP contribution in [0.3, 0.4) is 0 Å². The van der Waals surface area contributed by atoms with E-state index in [4.69, 9.17) is 4.74 Å². The highest BCUT2D eigenvalue weighted by Crippen LogP contribution is 2.17. The van der Waals surface area contributed by atoms with E-state index < -0.39 is 0 Å². The van der Waals surface area contributed by atoms with Gasteiger partial charge in [-0.3, -0.25) is 4.79 Å². The molecule has 5 heteroatoms. The fraction of sp³-hybridized carbons (Fsp3) is 0.562. The average molecular weight is 291 g/mol. The summed E-state index contributed by atoms with van der Waals surface area (Å²) in [6, 6.07) is 8.38. The van der Waals surface area contributed by atoms with E-state index in [1.54, 1.807) is 7.11 Å². The van der Waals surface area contributed by atoms with Crippen molar-refractivity contribution in [2.75, 3.05) is 32.6 Å². The van der Waals surface area contributed by atoms with Gasteiger partial charge in [-0.25, -0.2) is 0 Å². The monoisotopic (exact) mass is 291 g/mol. The standard InChI is InChI=1S/C16H25N3O2/c1-12-9-13(7-8-19(12)2)17-11-16(20)18-14-5-4-6-15(10-14)21-3/h4-6,10,12-13,17H,7-9,11H2,1-3H3,(H,18,20). The minimum Gasteiger partial charge on any atom is -0.497 e. The summed E-state index contributed by atoms with van der Waals surface area (Å²) in [4.78, 5) is 14.3. The minimum absolute atomic E-state index is 0.0187. The van der Waals surface area contributed by atoms with Crippen molar-refractivity contribution >= 4 is 11.6 Å². The molecule has 2 unspecified atom stereocenters. The Morgan fingerprint density at radius 2 is 2.29 bits per heavy atom. The first-order valence-electron chi connectivity index (χ1n) is 7.46. The summed E-state index contributed by atoms with van der Waals surface area (Å²) in [5.41, 5.74) is 0.762. The molecule has 0 radical (unpaired) electrons. The summed E-state index contributed by atoms with van der Waals surface area (Å²) in [5, 5.41) is 6.24. The van der Waals surface area contributed by atoms with E-state index in [1.807, 2.05) is 24.3 Å². The Balaban J connectivity index is 1.77. The number of carbonyl (C=O) groups is 1. The largest absolute Gasteiger partial charge is 0.497 e. The van der Waals surface area contributed by atoms with Gasteiger partial charge < -0.3 is 20.3 Å². The highest BCUT2D eigenvalue weighted by atomic mass is 16.5. The van der Waals surface area contributed by atoms with Crippen LogP contribution in [0.4, 0.5) is 5.69 Å². The van der Waals surface area contributed by atoms with Gasteiger partial charge in [-0.05, 0) is 45.5 Å².